The SMILES string of the molecule is CC(C)(C)c1nsc(Oc2ccc(C#N)c(F)c2)n1. The first-order valence-corrected chi connectivity index (χ1v) is 6.39. The minimum Gasteiger partial charge on any atom is -0.430 e. The third-order valence-corrected chi connectivity index (χ3v) is 2.94. The normalized spacial score (nSPS) is 11.1. The van der Waals surface area contributed by atoms with Gasteiger partial charge in [-0.25, -0.2) is 4.39 Å². The molecule has 4 nitrogen and oxygen atoms in total. The Balaban J connectivity index is 2.20. The highest BCUT2D eigenvalue weighted by Gasteiger charge is 2.20. The molecule has 0 unspecified atom stereocenters. The maximum atomic E-state index is 13.4. The zero-order chi connectivity index (χ0) is 14.0. The fourth-order valence-corrected chi connectivity index (χ4v) is 2.05. The van der Waals surface area contributed by atoms with E-state index in [-0.39, 0.29) is 11.0 Å². The molecule has 0 atom stereocenters. The average molecular weight is 277 g/mol. The molecule has 0 saturated carbocycles. The largest absolute Gasteiger partial charge is 0.430 e. The van der Waals surface area contributed by atoms with Crippen LogP contribution in [0.25, 0.3) is 0 Å². The molecule has 0 amide bonds. The van der Waals surface area contributed by atoms with E-state index in [9.17, 15) is 4.39 Å². The molecule has 0 radical (unpaired) electrons. The number of halogens is 1. The van der Waals surface area contributed by atoms with Crippen LogP contribution in [0.3, 0.4) is 0 Å². The van der Waals surface area contributed by atoms with Gasteiger partial charge in [0.25, 0.3) is 5.19 Å². The van der Waals surface area contributed by atoms with Crippen LogP contribution in [0.5, 0.6) is 10.9 Å². The molecule has 0 N–H and O–H groups in total. The van der Waals surface area contributed by atoms with Gasteiger partial charge in [0.15, 0.2) is 5.82 Å². The van der Waals surface area contributed by atoms with E-state index in [1.807, 2.05) is 20.8 Å². The second kappa shape index (κ2) is 4.94. The molecule has 1 heterocycles. The molecule has 1 aromatic carbocycles. The van der Waals surface area contributed by atoms with Gasteiger partial charge in [-0.3, -0.25) is 0 Å². The Bertz CT molecular complexity index is 640. The number of nitriles is 1. The summed E-state index contributed by atoms with van der Waals surface area (Å²) in [5, 5.41) is 9.00. The van der Waals surface area contributed by atoms with Gasteiger partial charge in [-0.2, -0.15) is 14.6 Å². The standard InChI is InChI=1S/C13H12FN3OS/c1-13(2,3)11-16-12(19-17-11)18-9-5-4-8(7-15)10(14)6-9/h4-6H,1-3H3. The molecular weight excluding hydrogens is 265 g/mol. The van der Waals surface area contributed by atoms with E-state index in [4.69, 9.17) is 10.00 Å². The third kappa shape index (κ3) is 3.06. The monoisotopic (exact) mass is 277 g/mol. The molecule has 0 saturated heterocycles. The van der Waals surface area contributed by atoms with Gasteiger partial charge >= 0.3 is 0 Å². The molecular formula is C13H12FN3OS. The summed E-state index contributed by atoms with van der Waals surface area (Å²) in [6, 6.07) is 5.82. The Morgan fingerprint density at radius 2 is 2.11 bits per heavy atom. The van der Waals surface area contributed by atoms with Crippen LogP contribution in [0, 0.1) is 17.1 Å². The lowest BCUT2D eigenvalue weighted by Crippen LogP contribution is -2.12. The van der Waals surface area contributed by atoms with E-state index in [1.54, 1.807) is 6.07 Å². The molecule has 1 aromatic heterocycles. The summed E-state index contributed by atoms with van der Waals surface area (Å²) in [6.45, 7) is 6.00. The van der Waals surface area contributed by atoms with Gasteiger partial charge in [0, 0.05) is 23.0 Å². The summed E-state index contributed by atoms with van der Waals surface area (Å²) in [6.07, 6.45) is 0. The van der Waals surface area contributed by atoms with Crippen molar-refractivity contribution in [3.05, 3.63) is 35.4 Å². The van der Waals surface area contributed by atoms with E-state index in [1.165, 1.54) is 12.1 Å². The Kier molecular flexibility index (Phi) is 3.49. The highest BCUT2D eigenvalue weighted by molar-refractivity contribution is 7.07. The van der Waals surface area contributed by atoms with Gasteiger partial charge in [0.2, 0.25) is 0 Å². The summed E-state index contributed by atoms with van der Waals surface area (Å²) in [4.78, 5) is 4.25. The first-order valence-electron chi connectivity index (χ1n) is 5.62. The van der Waals surface area contributed by atoms with E-state index >= 15 is 0 Å². The van der Waals surface area contributed by atoms with Crippen molar-refractivity contribution in [2.75, 3.05) is 0 Å². The summed E-state index contributed by atoms with van der Waals surface area (Å²) in [7, 11) is 0. The first kappa shape index (κ1) is 13.4. The van der Waals surface area contributed by atoms with Crippen LogP contribution < -0.4 is 4.74 Å². The maximum absolute atomic E-state index is 13.4. The summed E-state index contributed by atoms with van der Waals surface area (Å²) < 4.78 is 23.0. The Morgan fingerprint density at radius 3 is 2.63 bits per heavy atom. The van der Waals surface area contributed by atoms with Crippen LogP contribution in [-0.2, 0) is 5.41 Å². The van der Waals surface area contributed by atoms with E-state index < -0.39 is 5.82 Å². The van der Waals surface area contributed by atoms with E-state index in [2.05, 4.69) is 9.36 Å². The molecule has 98 valence electrons. The zero-order valence-electron chi connectivity index (χ0n) is 10.8. The molecule has 0 fully saturated rings. The van der Waals surface area contributed by atoms with Gasteiger partial charge in [0.05, 0.1) is 5.56 Å². The highest BCUT2D eigenvalue weighted by Crippen LogP contribution is 2.28. The third-order valence-electron chi connectivity index (χ3n) is 2.34. The van der Waals surface area contributed by atoms with Crippen molar-refractivity contribution >= 4 is 11.5 Å². The van der Waals surface area contributed by atoms with Crippen molar-refractivity contribution in [3.8, 4) is 17.0 Å². The van der Waals surface area contributed by atoms with Gasteiger partial charge in [0.1, 0.15) is 17.6 Å². The fraction of sp³-hybridized carbons (Fsp3) is 0.308. The summed E-state index contributed by atoms with van der Waals surface area (Å²) in [5.41, 5.74) is -0.173. The lowest BCUT2D eigenvalue weighted by atomic mass is 9.96. The topological polar surface area (TPSA) is 58.8 Å². The molecule has 2 aromatic rings. The predicted molar refractivity (Wildman–Crippen MR) is 69.8 cm³/mol. The highest BCUT2D eigenvalue weighted by atomic mass is 32.1. The van der Waals surface area contributed by atoms with Crippen molar-refractivity contribution in [1.29, 1.82) is 5.26 Å². The molecule has 2 rings (SSSR count). The Hall–Kier alpha value is -2.00. The van der Waals surface area contributed by atoms with E-state index in [0.717, 1.165) is 17.6 Å². The van der Waals surface area contributed by atoms with Crippen LogP contribution in [-0.4, -0.2) is 9.36 Å². The molecule has 0 aliphatic rings. The quantitative estimate of drug-likeness (QED) is 0.840. The minimum absolute atomic E-state index is 0.0139. The number of benzene rings is 1. The van der Waals surface area contributed by atoms with Crippen molar-refractivity contribution in [2.24, 2.45) is 0 Å². The van der Waals surface area contributed by atoms with Crippen LogP contribution in [0.1, 0.15) is 32.2 Å². The number of aromatic nitrogens is 2. The lowest BCUT2D eigenvalue weighted by molar-refractivity contribution is 0.463. The molecule has 0 bridgehead atoms. The van der Waals surface area contributed by atoms with Gasteiger partial charge in [-0.15, -0.1) is 0 Å². The van der Waals surface area contributed by atoms with Crippen molar-refractivity contribution in [3.63, 3.8) is 0 Å². The molecule has 6 heteroatoms. The first-order chi connectivity index (χ1) is 8.90. The van der Waals surface area contributed by atoms with Crippen molar-refractivity contribution in [1.82, 2.24) is 9.36 Å². The van der Waals surface area contributed by atoms with Crippen molar-refractivity contribution < 1.29 is 9.13 Å². The Morgan fingerprint density at radius 1 is 1.37 bits per heavy atom. The predicted octanol–water partition coefficient (Wildman–Crippen LogP) is 3.64. The van der Waals surface area contributed by atoms with Gasteiger partial charge in [-0.05, 0) is 12.1 Å². The van der Waals surface area contributed by atoms with Crippen LogP contribution >= 0.6 is 11.5 Å². The van der Waals surface area contributed by atoms with Crippen LogP contribution in [0.2, 0.25) is 0 Å². The fourth-order valence-electron chi connectivity index (χ4n) is 1.31. The smallest absolute Gasteiger partial charge is 0.298 e. The molecule has 0 aliphatic carbocycles. The average Bonchev–Trinajstić information content (AvgIpc) is 2.77. The summed E-state index contributed by atoms with van der Waals surface area (Å²) in [5.74, 6) is 0.371. The van der Waals surface area contributed by atoms with E-state index in [0.29, 0.717) is 16.8 Å². The van der Waals surface area contributed by atoms with Crippen LogP contribution in [0.4, 0.5) is 4.39 Å². The van der Waals surface area contributed by atoms with Gasteiger partial charge < -0.3 is 4.74 Å². The second-order valence-corrected chi connectivity index (χ2v) is 5.70. The van der Waals surface area contributed by atoms with Crippen molar-refractivity contribution in [2.45, 2.75) is 26.2 Å². The number of nitrogens with zero attached hydrogens (tertiary/aromatic N) is 3. The molecule has 0 aliphatic heterocycles. The second-order valence-electron chi connectivity index (χ2n) is 4.99. The number of rotatable bonds is 2. The number of ether oxygens (including phenoxy) is 1. The minimum atomic E-state index is -0.611. The lowest BCUT2D eigenvalue weighted by Gasteiger charge is -2.11. The zero-order valence-corrected chi connectivity index (χ0v) is 11.6. The molecule has 0 spiro atoms. The van der Waals surface area contributed by atoms with Gasteiger partial charge in [-0.1, -0.05) is 20.8 Å². The summed E-state index contributed by atoms with van der Waals surface area (Å²) >= 11 is 1.12. The number of hydrogen-bond acceptors (Lipinski definition) is 5. The number of hydrogen-bond donors (Lipinski definition) is 0. The van der Waals surface area contributed by atoms with Crippen LogP contribution in [0.15, 0.2) is 18.2 Å². The maximum Gasteiger partial charge on any atom is 0.298 e. The Labute approximate surface area is 114 Å². The molecule has 19 heavy (non-hydrogen) atoms.